The normalized spacial score (nSPS) is 21.8. The van der Waals surface area contributed by atoms with Gasteiger partial charge in [0, 0.05) is 38.4 Å². The number of carbonyl (C=O) groups excluding carboxylic acids is 1. The van der Waals surface area contributed by atoms with E-state index in [9.17, 15) is 4.79 Å². The van der Waals surface area contributed by atoms with Crippen molar-refractivity contribution in [3.63, 3.8) is 0 Å². The predicted molar refractivity (Wildman–Crippen MR) is 89.4 cm³/mol. The maximum absolute atomic E-state index is 12.0. The Morgan fingerprint density at radius 3 is 3.00 bits per heavy atom. The zero-order valence-electron chi connectivity index (χ0n) is 13.9. The molecule has 2 aliphatic rings. The van der Waals surface area contributed by atoms with E-state index >= 15 is 0 Å². The van der Waals surface area contributed by atoms with Crippen LogP contribution in [0.4, 0.5) is 0 Å². The molecular formula is C18H24N4O2. The smallest absolute Gasteiger partial charge is 0.286 e. The van der Waals surface area contributed by atoms with Crippen LogP contribution in [0.2, 0.25) is 0 Å². The number of hydrogen-bond donors (Lipinski definition) is 1. The molecule has 6 heteroatoms. The Hall–Kier alpha value is -2.08. The molecule has 0 bridgehead atoms. The number of amides is 1. The van der Waals surface area contributed by atoms with Gasteiger partial charge < -0.3 is 9.73 Å². The van der Waals surface area contributed by atoms with E-state index in [0.29, 0.717) is 18.2 Å². The zero-order valence-corrected chi connectivity index (χ0v) is 13.9. The minimum absolute atomic E-state index is 0.135. The second-order valence-electron chi connectivity index (χ2n) is 6.91. The third-order valence-electron chi connectivity index (χ3n) is 5.27. The van der Waals surface area contributed by atoms with Gasteiger partial charge in [-0.05, 0) is 43.4 Å². The largest absolute Gasteiger partial charge is 0.459 e. The van der Waals surface area contributed by atoms with Gasteiger partial charge in [-0.3, -0.25) is 14.4 Å². The van der Waals surface area contributed by atoms with Crippen molar-refractivity contribution in [2.24, 2.45) is 5.92 Å². The van der Waals surface area contributed by atoms with Gasteiger partial charge in [0.05, 0.1) is 12.0 Å². The fourth-order valence-electron chi connectivity index (χ4n) is 3.66. The van der Waals surface area contributed by atoms with Crippen molar-refractivity contribution >= 4 is 5.91 Å². The van der Waals surface area contributed by atoms with E-state index in [0.717, 1.165) is 32.1 Å². The highest BCUT2D eigenvalue weighted by Gasteiger charge is 2.30. The quantitative estimate of drug-likeness (QED) is 0.914. The summed E-state index contributed by atoms with van der Waals surface area (Å²) in [4.78, 5) is 14.6. The molecule has 0 aromatic carbocycles. The van der Waals surface area contributed by atoms with Gasteiger partial charge in [-0.25, -0.2) is 0 Å². The molecule has 4 rings (SSSR count). The average Bonchev–Trinajstić information content (AvgIpc) is 3.15. The van der Waals surface area contributed by atoms with Crippen molar-refractivity contribution in [2.45, 2.75) is 44.8 Å². The van der Waals surface area contributed by atoms with E-state index in [1.165, 1.54) is 31.2 Å². The molecule has 2 aromatic rings. The molecule has 1 aliphatic heterocycles. The summed E-state index contributed by atoms with van der Waals surface area (Å²) in [6.07, 6.45) is 8.36. The number of carbonyl (C=O) groups is 1. The lowest BCUT2D eigenvalue weighted by molar-refractivity contribution is 0.0907. The summed E-state index contributed by atoms with van der Waals surface area (Å²) in [5.41, 5.74) is 1.31. The molecular weight excluding hydrogens is 304 g/mol. The second-order valence-corrected chi connectivity index (χ2v) is 6.91. The minimum atomic E-state index is -0.135. The predicted octanol–water partition coefficient (Wildman–Crippen LogP) is 2.28. The lowest BCUT2D eigenvalue weighted by Crippen LogP contribution is -2.42. The van der Waals surface area contributed by atoms with Gasteiger partial charge in [0.15, 0.2) is 5.76 Å². The Morgan fingerprint density at radius 2 is 2.25 bits per heavy atom. The van der Waals surface area contributed by atoms with Gasteiger partial charge in [-0.1, -0.05) is 6.42 Å². The molecule has 1 fully saturated rings. The third-order valence-corrected chi connectivity index (χ3v) is 5.27. The van der Waals surface area contributed by atoms with Gasteiger partial charge in [0.1, 0.15) is 0 Å². The van der Waals surface area contributed by atoms with Crippen LogP contribution >= 0.6 is 0 Å². The molecule has 1 aliphatic carbocycles. The van der Waals surface area contributed by atoms with Crippen molar-refractivity contribution in [1.29, 1.82) is 0 Å². The Bertz CT molecular complexity index is 675. The highest BCUT2D eigenvalue weighted by Crippen LogP contribution is 2.29. The maximum atomic E-state index is 12.0. The fraction of sp³-hybridized carbons (Fsp3) is 0.556. The summed E-state index contributed by atoms with van der Waals surface area (Å²) in [6, 6.07) is 6.28. The lowest BCUT2D eigenvalue weighted by Gasteiger charge is -2.38. The Morgan fingerprint density at radius 1 is 1.33 bits per heavy atom. The van der Waals surface area contributed by atoms with Crippen LogP contribution in [0.3, 0.4) is 0 Å². The monoisotopic (exact) mass is 328 g/mol. The summed E-state index contributed by atoms with van der Waals surface area (Å²) in [5.74, 6) is 0.745. The SMILES string of the molecule is O=C(NCC[C@@H]1CN(C2CCC2)Cc2ccnn2C1)c1ccco1. The van der Waals surface area contributed by atoms with Crippen molar-refractivity contribution in [1.82, 2.24) is 20.0 Å². The number of aromatic nitrogens is 2. The maximum Gasteiger partial charge on any atom is 0.286 e. The summed E-state index contributed by atoms with van der Waals surface area (Å²) in [5, 5.41) is 7.44. The molecule has 0 saturated heterocycles. The molecule has 1 saturated carbocycles. The molecule has 6 nitrogen and oxygen atoms in total. The number of nitrogens with one attached hydrogen (secondary N) is 1. The van der Waals surface area contributed by atoms with E-state index in [1.807, 2.05) is 6.20 Å². The standard InChI is InChI=1S/C18H24N4O2/c23-18(17-5-2-10-24-17)19-8-6-14-11-21(15-3-1-4-15)13-16-7-9-20-22(16)12-14/h2,5,7,9-10,14-15H,1,3-4,6,8,11-13H2,(H,19,23)/t14-/m1/s1. The first kappa shape index (κ1) is 15.4. The average molecular weight is 328 g/mol. The van der Waals surface area contributed by atoms with Crippen molar-refractivity contribution in [2.75, 3.05) is 13.1 Å². The molecule has 3 heterocycles. The van der Waals surface area contributed by atoms with E-state index in [-0.39, 0.29) is 5.91 Å². The minimum Gasteiger partial charge on any atom is -0.459 e. The van der Waals surface area contributed by atoms with Gasteiger partial charge in [0.2, 0.25) is 0 Å². The Balaban J connectivity index is 1.36. The zero-order chi connectivity index (χ0) is 16.4. The molecule has 1 atom stereocenters. The van der Waals surface area contributed by atoms with Crippen LogP contribution in [0.25, 0.3) is 0 Å². The van der Waals surface area contributed by atoms with Crippen LogP contribution in [-0.4, -0.2) is 39.7 Å². The topological polar surface area (TPSA) is 63.3 Å². The van der Waals surface area contributed by atoms with Crippen LogP contribution in [-0.2, 0) is 13.1 Å². The number of furan rings is 1. The van der Waals surface area contributed by atoms with Gasteiger partial charge >= 0.3 is 0 Å². The molecule has 1 amide bonds. The van der Waals surface area contributed by atoms with Crippen LogP contribution in [0.15, 0.2) is 35.1 Å². The third kappa shape index (κ3) is 3.24. The molecule has 0 unspecified atom stereocenters. The highest BCUT2D eigenvalue weighted by molar-refractivity contribution is 5.91. The summed E-state index contributed by atoms with van der Waals surface area (Å²) >= 11 is 0. The molecule has 1 N–H and O–H groups in total. The number of nitrogens with zero attached hydrogens (tertiary/aromatic N) is 3. The first-order valence-electron chi connectivity index (χ1n) is 8.86. The Kier molecular flexibility index (Phi) is 4.38. The first-order chi connectivity index (χ1) is 11.8. The van der Waals surface area contributed by atoms with E-state index in [2.05, 4.69) is 26.1 Å². The summed E-state index contributed by atoms with van der Waals surface area (Å²) in [7, 11) is 0. The second kappa shape index (κ2) is 6.81. The van der Waals surface area contributed by atoms with Crippen LogP contribution in [0, 0.1) is 5.92 Å². The number of rotatable bonds is 5. The van der Waals surface area contributed by atoms with E-state index in [1.54, 1.807) is 12.1 Å². The number of fused-ring (bicyclic) bond motifs is 1. The molecule has 24 heavy (non-hydrogen) atoms. The first-order valence-corrected chi connectivity index (χ1v) is 8.86. The van der Waals surface area contributed by atoms with Crippen molar-refractivity contribution in [3.8, 4) is 0 Å². The molecule has 2 aromatic heterocycles. The van der Waals surface area contributed by atoms with Crippen molar-refractivity contribution in [3.05, 3.63) is 42.1 Å². The van der Waals surface area contributed by atoms with Crippen LogP contribution in [0.1, 0.15) is 41.9 Å². The summed E-state index contributed by atoms with van der Waals surface area (Å²) in [6.45, 7) is 3.69. The molecule has 0 spiro atoms. The fourth-order valence-corrected chi connectivity index (χ4v) is 3.66. The van der Waals surface area contributed by atoms with Gasteiger partial charge in [-0.15, -0.1) is 0 Å². The van der Waals surface area contributed by atoms with Crippen molar-refractivity contribution < 1.29 is 9.21 Å². The number of hydrogen-bond acceptors (Lipinski definition) is 4. The van der Waals surface area contributed by atoms with Gasteiger partial charge in [-0.2, -0.15) is 5.10 Å². The van der Waals surface area contributed by atoms with Crippen LogP contribution in [0.5, 0.6) is 0 Å². The highest BCUT2D eigenvalue weighted by atomic mass is 16.3. The van der Waals surface area contributed by atoms with E-state index < -0.39 is 0 Å². The van der Waals surface area contributed by atoms with Crippen LogP contribution < -0.4 is 5.32 Å². The molecule has 128 valence electrons. The lowest BCUT2D eigenvalue weighted by atomic mass is 9.90. The Labute approximate surface area is 141 Å². The molecule has 0 radical (unpaired) electrons. The van der Waals surface area contributed by atoms with E-state index in [4.69, 9.17) is 4.42 Å². The van der Waals surface area contributed by atoms with Gasteiger partial charge in [0.25, 0.3) is 5.91 Å². The summed E-state index contributed by atoms with van der Waals surface area (Å²) < 4.78 is 7.27.